The van der Waals surface area contributed by atoms with E-state index in [1.54, 1.807) is 0 Å². The van der Waals surface area contributed by atoms with Gasteiger partial charge in [0.1, 0.15) is 0 Å². The van der Waals surface area contributed by atoms with Gasteiger partial charge in [0.25, 0.3) is 0 Å². The summed E-state index contributed by atoms with van der Waals surface area (Å²) in [6.07, 6.45) is 20.1. The molecular weight excluding hydrogens is 280 g/mol. The number of rotatable bonds is 0. The van der Waals surface area contributed by atoms with E-state index in [1.807, 2.05) is 17.2 Å². The third-order valence-electron chi connectivity index (χ3n) is 8.46. The maximum Gasteiger partial charge on any atom is 0.162 e. The number of hydrogen-bond acceptors (Lipinski definition) is 1. The minimum Gasteiger partial charge on any atom is -0.294 e. The Morgan fingerprint density at radius 2 is 1.65 bits per heavy atom. The van der Waals surface area contributed by atoms with Crippen molar-refractivity contribution in [1.82, 2.24) is 0 Å². The molecule has 0 aliphatic heterocycles. The number of ketones is 1. The minimum atomic E-state index is 0.179. The fourth-order valence-electron chi connectivity index (χ4n) is 7.89. The van der Waals surface area contributed by atoms with Gasteiger partial charge in [0.05, 0.1) is 0 Å². The van der Waals surface area contributed by atoms with Gasteiger partial charge in [-0.25, -0.2) is 0 Å². The summed E-state index contributed by atoms with van der Waals surface area (Å²) in [6.45, 7) is 0. The van der Waals surface area contributed by atoms with E-state index in [9.17, 15) is 4.79 Å². The van der Waals surface area contributed by atoms with Crippen LogP contribution >= 0.6 is 0 Å². The van der Waals surface area contributed by atoms with E-state index in [-0.39, 0.29) is 5.92 Å². The van der Waals surface area contributed by atoms with Crippen molar-refractivity contribution in [3.63, 3.8) is 0 Å². The predicted octanol–water partition coefficient (Wildman–Crippen LogP) is 4.85. The van der Waals surface area contributed by atoms with E-state index in [0.717, 1.165) is 11.8 Å². The first-order valence-corrected chi connectivity index (χ1v) is 9.94. The smallest absolute Gasteiger partial charge is 0.162 e. The summed E-state index contributed by atoms with van der Waals surface area (Å²) in [5.74, 6) is 4.10. The van der Waals surface area contributed by atoms with Crippen LogP contribution in [0, 0.1) is 40.9 Å². The zero-order valence-electron chi connectivity index (χ0n) is 13.8. The lowest BCUT2D eigenvalue weighted by Crippen LogP contribution is -2.40. The van der Waals surface area contributed by atoms with E-state index in [4.69, 9.17) is 0 Å². The molecule has 23 heavy (non-hydrogen) atoms. The summed E-state index contributed by atoms with van der Waals surface area (Å²) < 4.78 is 0. The van der Waals surface area contributed by atoms with Crippen LogP contribution in [0.15, 0.2) is 35.5 Å². The third-order valence-corrected chi connectivity index (χ3v) is 8.46. The summed E-state index contributed by atoms with van der Waals surface area (Å²) in [5.41, 5.74) is 4.23. The van der Waals surface area contributed by atoms with E-state index in [2.05, 4.69) is 18.2 Å². The number of fused-ring (bicyclic) bond motifs is 3. The van der Waals surface area contributed by atoms with Gasteiger partial charge in [-0.3, -0.25) is 4.79 Å². The Balaban J connectivity index is 1.61. The molecule has 8 aliphatic carbocycles. The Morgan fingerprint density at radius 3 is 2.43 bits per heavy atom. The number of carbonyl (C=O) groups excluding carboxylic acids is 1. The van der Waals surface area contributed by atoms with Crippen LogP contribution in [0.25, 0.3) is 0 Å². The lowest BCUT2D eigenvalue weighted by Gasteiger charge is -2.45. The predicted molar refractivity (Wildman–Crippen MR) is 90.6 cm³/mol. The molecule has 1 spiro atoms. The van der Waals surface area contributed by atoms with Crippen LogP contribution in [0.3, 0.4) is 0 Å². The van der Waals surface area contributed by atoms with Crippen LogP contribution in [-0.2, 0) is 4.79 Å². The van der Waals surface area contributed by atoms with Gasteiger partial charge in [-0.2, -0.15) is 0 Å². The Bertz CT molecular complexity index is 664. The van der Waals surface area contributed by atoms with E-state index < -0.39 is 0 Å². The van der Waals surface area contributed by atoms with Crippen LogP contribution in [-0.4, -0.2) is 5.78 Å². The molecule has 1 heteroatoms. The highest BCUT2D eigenvalue weighted by molar-refractivity contribution is 5.94. The maximum atomic E-state index is 12.8. The van der Waals surface area contributed by atoms with Gasteiger partial charge in [0.2, 0.25) is 0 Å². The second kappa shape index (κ2) is 4.29. The highest BCUT2D eigenvalue weighted by atomic mass is 16.1. The fourth-order valence-corrected chi connectivity index (χ4v) is 7.89. The van der Waals surface area contributed by atoms with Gasteiger partial charge in [-0.15, -0.1) is 0 Å². The van der Waals surface area contributed by atoms with Gasteiger partial charge >= 0.3 is 0 Å². The van der Waals surface area contributed by atoms with Gasteiger partial charge in [-0.05, 0) is 73.7 Å². The molecule has 0 heterocycles. The molecular formula is C22H26O. The van der Waals surface area contributed by atoms with E-state index in [1.165, 1.54) is 51.4 Å². The van der Waals surface area contributed by atoms with Crippen molar-refractivity contribution in [3.05, 3.63) is 35.5 Å². The highest BCUT2D eigenvalue weighted by Gasteiger charge is 2.63. The normalized spacial score (nSPS) is 48.3. The largest absolute Gasteiger partial charge is 0.294 e. The lowest BCUT2D eigenvalue weighted by molar-refractivity contribution is -0.120. The Hall–Kier alpha value is -1.11. The van der Waals surface area contributed by atoms with Gasteiger partial charge in [0, 0.05) is 11.8 Å². The quantitative estimate of drug-likeness (QED) is 0.585. The van der Waals surface area contributed by atoms with Gasteiger partial charge in [0.15, 0.2) is 5.78 Å². The molecule has 1 nitrogen and oxygen atoms in total. The molecule has 8 rings (SSSR count). The summed E-state index contributed by atoms with van der Waals surface area (Å²) >= 11 is 0. The van der Waals surface area contributed by atoms with Crippen molar-refractivity contribution in [2.45, 2.75) is 51.4 Å². The molecule has 8 aliphatic rings. The van der Waals surface area contributed by atoms with Crippen LogP contribution in [0.1, 0.15) is 51.4 Å². The average Bonchev–Trinajstić information content (AvgIpc) is 3.12. The number of allylic oxidation sites excluding steroid dienone is 6. The van der Waals surface area contributed by atoms with Crippen LogP contribution < -0.4 is 0 Å². The van der Waals surface area contributed by atoms with Gasteiger partial charge in [-0.1, -0.05) is 42.2 Å². The Kier molecular flexibility index (Phi) is 2.46. The molecule has 0 aromatic carbocycles. The van der Waals surface area contributed by atoms with Crippen molar-refractivity contribution >= 4 is 5.78 Å². The fraction of sp³-hybridized carbons (Fsp3) is 0.682. The number of carbonyl (C=O) groups is 1. The highest BCUT2D eigenvalue weighted by Crippen LogP contribution is 2.71. The molecule has 0 N–H and O–H groups in total. The number of hydrogen-bond donors (Lipinski definition) is 0. The zero-order chi connectivity index (χ0) is 15.2. The summed E-state index contributed by atoms with van der Waals surface area (Å²) in [4.78, 5) is 12.8. The van der Waals surface area contributed by atoms with Gasteiger partial charge < -0.3 is 0 Å². The van der Waals surface area contributed by atoms with Crippen LogP contribution in [0.5, 0.6) is 0 Å². The van der Waals surface area contributed by atoms with Crippen molar-refractivity contribution in [2.75, 3.05) is 0 Å². The first kappa shape index (κ1) is 13.2. The van der Waals surface area contributed by atoms with Crippen LogP contribution in [0.2, 0.25) is 0 Å². The topological polar surface area (TPSA) is 17.1 Å². The van der Waals surface area contributed by atoms with E-state index in [0.29, 0.717) is 29.0 Å². The first-order valence-electron chi connectivity index (χ1n) is 9.94. The molecule has 4 atom stereocenters. The Morgan fingerprint density at radius 1 is 0.913 bits per heavy atom. The third kappa shape index (κ3) is 1.44. The molecule has 0 unspecified atom stereocenters. The SMILES string of the molecule is O=C1C=C[C@H]2C=C[C@H]1[C@@H]1[C@@H]2C2=C(C3CCC2CC3)C12CCCC2. The molecule has 2 saturated carbocycles. The van der Waals surface area contributed by atoms with Crippen molar-refractivity contribution in [2.24, 2.45) is 40.9 Å². The second-order valence-electron chi connectivity index (χ2n) is 9.08. The molecule has 0 saturated heterocycles. The maximum absolute atomic E-state index is 12.8. The average molecular weight is 306 g/mol. The zero-order valence-corrected chi connectivity index (χ0v) is 13.8. The summed E-state index contributed by atoms with van der Waals surface area (Å²) in [6, 6.07) is 0. The molecule has 2 fully saturated rings. The lowest BCUT2D eigenvalue weighted by atomic mass is 9.59. The van der Waals surface area contributed by atoms with E-state index >= 15 is 0 Å². The first-order chi connectivity index (χ1) is 11.3. The molecule has 4 bridgehead atoms. The molecule has 0 amide bonds. The minimum absolute atomic E-state index is 0.179. The molecule has 120 valence electrons. The van der Waals surface area contributed by atoms with Crippen molar-refractivity contribution < 1.29 is 4.79 Å². The monoisotopic (exact) mass is 306 g/mol. The standard InChI is InChI=1S/C22H26O/c23-17-10-8-14-7-9-16(17)21-19(14)18-13-3-5-15(6-4-13)20(18)22(21)11-1-2-12-22/h7-10,13-16,19,21H,1-6,11-12H2/t13?,14-,15?,16-,19+,21-/m1/s1. The molecule has 0 aromatic rings. The van der Waals surface area contributed by atoms with Crippen LogP contribution in [0.4, 0.5) is 0 Å². The van der Waals surface area contributed by atoms with Crippen molar-refractivity contribution in [1.29, 1.82) is 0 Å². The second-order valence-corrected chi connectivity index (χ2v) is 9.08. The summed E-state index contributed by atoms with van der Waals surface area (Å²) in [5, 5.41) is 0. The van der Waals surface area contributed by atoms with Crippen molar-refractivity contribution in [3.8, 4) is 0 Å². The molecule has 0 radical (unpaired) electrons. The molecule has 0 aromatic heterocycles. The Labute approximate surface area is 138 Å². The summed E-state index contributed by atoms with van der Waals surface area (Å²) in [7, 11) is 0.